The highest BCUT2D eigenvalue weighted by molar-refractivity contribution is 9.10. The Balaban J connectivity index is 3.30. The van der Waals surface area contributed by atoms with Gasteiger partial charge in [0.25, 0.3) is 0 Å². The maximum atomic E-state index is 10.6. The van der Waals surface area contributed by atoms with E-state index in [1.165, 1.54) is 0 Å². The fraction of sp³-hybridized carbons (Fsp3) is 0.200. The van der Waals surface area contributed by atoms with E-state index >= 15 is 0 Å². The van der Waals surface area contributed by atoms with Gasteiger partial charge in [0.15, 0.2) is 0 Å². The highest BCUT2D eigenvalue weighted by atomic mass is 79.9. The Morgan fingerprint density at radius 3 is 2.67 bits per heavy atom. The summed E-state index contributed by atoms with van der Waals surface area (Å²) in [4.78, 5) is 10.6. The van der Waals surface area contributed by atoms with E-state index < -0.39 is 5.97 Å². The molecule has 78 valence electrons. The van der Waals surface area contributed by atoms with Crippen LogP contribution in [0, 0.1) is 11.3 Å². The Hall–Kier alpha value is -0.860. The van der Waals surface area contributed by atoms with Crippen LogP contribution in [0.1, 0.15) is 16.7 Å². The summed E-state index contributed by atoms with van der Waals surface area (Å²) in [6, 6.07) is 5.45. The van der Waals surface area contributed by atoms with Gasteiger partial charge in [0.05, 0.1) is 18.1 Å². The molecule has 0 aliphatic heterocycles. The van der Waals surface area contributed by atoms with Crippen LogP contribution in [0.2, 0.25) is 0 Å². The molecule has 0 aliphatic rings. The van der Waals surface area contributed by atoms with Crippen LogP contribution in [0.3, 0.4) is 0 Å². The molecule has 0 heterocycles. The third-order valence-corrected chi connectivity index (χ3v) is 3.23. The van der Waals surface area contributed by atoms with Crippen molar-refractivity contribution in [1.29, 1.82) is 5.26 Å². The molecule has 0 aliphatic carbocycles. The first-order valence-corrected chi connectivity index (χ1v) is 5.99. The van der Waals surface area contributed by atoms with Gasteiger partial charge in [-0.2, -0.15) is 5.26 Å². The van der Waals surface area contributed by atoms with Gasteiger partial charge in [-0.05, 0) is 17.2 Å². The van der Waals surface area contributed by atoms with Crippen molar-refractivity contribution in [3.63, 3.8) is 0 Å². The molecule has 0 bridgehead atoms. The Kier molecular flexibility index (Phi) is 4.30. The van der Waals surface area contributed by atoms with Crippen LogP contribution in [0.25, 0.3) is 0 Å². The number of carbonyl (C=O) groups is 1. The number of alkyl halides is 1. The van der Waals surface area contributed by atoms with E-state index in [9.17, 15) is 4.79 Å². The van der Waals surface area contributed by atoms with E-state index in [1.54, 1.807) is 12.1 Å². The van der Waals surface area contributed by atoms with Gasteiger partial charge in [0.1, 0.15) is 0 Å². The average molecular weight is 333 g/mol. The Labute approximate surface area is 104 Å². The second-order valence-electron chi connectivity index (χ2n) is 2.88. The molecule has 1 aromatic rings. The third-order valence-electron chi connectivity index (χ3n) is 1.93. The third kappa shape index (κ3) is 2.80. The number of rotatable bonds is 3. The van der Waals surface area contributed by atoms with Crippen LogP contribution < -0.4 is 0 Å². The molecular weight excluding hydrogens is 326 g/mol. The number of aliphatic carboxylic acids is 1. The van der Waals surface area contributed by atoms with Gasteiger partial charge < -0.3 is 5.11 Å². The van der Waals surface area contributed by atoms with Crippen LogP contribution in [0.5, 0.6) is 0 Å². The highest BCUT2D eigenvalue weighted by Gasteiger charge is 2.12. The topological polar surface area (TPSA) is 61.1 Å². The predicted octanol–water partition coefficient (Wildman–Crippen LogP) is 2.84. The molecule has 1 aromatic carbocycles. The van der Waals surface area contributed by atoms with Crippen molar-refractivity contribution in [2.45, 2.75) is 11.8 Å². The normalized spacial score (nSPS) is 9.67. The number of hydrogen-bond donors (Lipinski definition) is 1. The second-order valence-corrected chi connectivity index (χ2v) is 4.29. The zero-order valence-corrected chi connectivity index (χ0v) is 10.8. The summed E-state index contributed by atoms with van der Waals surface area (Å²) in [6.45, 7) is 0. The molecule has 0 radical (unpaired) electrons. The van der Waals surface area contributed by atoms with Gasteiger partial charge in [-0.3, -0.25) is 4.79 Å². The number of halogens is 2. The minimum absolute atomic E-state index is 0.129. The van der Waals surface area contributed by atoms with Gasteiger partial charge in [0.2, 0.25) is 0 Å². The maximum Gasteiger partial charge on any atom is 0.307 e. The fourth-order valence-corrected chi connectivity index (χ4v) is 2.68. The maximum absolute atomic E-state index is 10.6. The summed E-state index contributed by atoms with van der Waals surface area (Å²) in [7, 11) is 0. The quantitative estimate of drug-likeness (QED) is 0.866. The molecule has 0 aromatic heterocycles. The van der Waals surface area contributed by atoms with E-state index in [-0.39, 0.29) is 6.42 Å². The van der Waals surface area contributed by atoms with Crippen LogP contribution >= 0.6 is 31.9 Å². The van der Waals surface area contributed by atoms with E-state index in [4.69, 9.17) is 10.4 Å². The van der Waals surface area contributed by atoms with Crippen molar-refractivity contribution in [2.75, 3.05) is 0 Å². The van der Waals surface area contributed by atoms with Gasteiger partial charge in [-0.1, -0.05) is 37.9 Å². The van der Waals surface area contributed by atoms with Gasteiger partial charge in [0, 0.05) is 9.80 Å². The Morgan fingerprint density at radius 2 is 2.20 bits per heavy atom. The lowest BCUT2D eigenvalue weighted by molar-refractivity contribution is -0.136. The zero-order chi connectivity index (χ0) is 11.4. The average Bonchev–Trinajstić information content (AvgIpc) is 2.19. The molecule has 0 amide bonds. The van der Waals surface area contributed by atoms with Crippen molar-refractivity contribution in [1.82, 2.24) is 0 Å². The fourth-order valence-electron chi connectivity index (χ4n) is 1.25. The molecule has 1 rings (SSSR count). The molecule has 0 saturated heterocycles. The van der Waals surface area contributed by atoms with Crippen molar-refractivity contribution >= 4 is 37.8 Å². The molecule has 0 atom stereocenters. The van der Waals surface area contributed by atoms with E-state index in [1.807, 2.05) is 6.07 Å². The Bertz CT molecular complexity index is 438. The number of nitrogens with zero attached hydrogens (tertiary/aromatic N) is 1. The van der Waals surface area contributed by atoms with Crippen LogP contribution in [-0.2, 0) is 16.5 Å². The number of carboxylic acids is 1. The lowest BCUT2D eigenvalue weighted by Crippen LogP contribution is -2.04. The highest BCUT2D eigenvalue weighted by Crippen LogP contribution is 2.26. The summed E-state index contributed by atoms with van der Waals surface area (Å²) in [5, 5.41) is 18.2. The molecule has 1 N–H and O–H groups in total. The van der Waals surface area contributed by atoms with Crippen LogP contribution in [-0.4, -0.2) is 11.1 Å². The first kappa shape index (κ1) is 12.2. The summed E-state index contributed by atoms with van der Waals surface area (Å²) in [6.07, 6.45) is -0.129. The van der Waals surface area contributed by atoms with Crippen LogP contribution in [0.4, 0.5) is 0 Å². The predicted molar refractivity (Wildman–Crippen MR) is 62.8 cm³/mol. The SMILES string of the molecule is N#Cc1c(CC(=O)O)ccc(Br)c1CBr. The zero-order valence-electron chi connectivity index (χ0n) is 7.63. The van der Waals surface area contributed by atoms with Gasteiger partial charge in [-0.25, -0.2) is 0 Å². The van der Waals surface area contributed by atoms with Crippen molar-refractivity contribution in [2.24, 2.45) is 0 Å². The smallest absolute Gasteiger partial charge is 0.307 e. The lowest BCUT2D eigenvalue weighted by atomic mass is 10.0. The lowest BCUT2D eigenvalue weighted by Gasteiger charge is -2.07. The standard InChI is InChI=1S/C10H7Br2NO2/c11-4-7-8(5-13)6(3-10(14)15)1-2-9(7)12/h1-2H,3-4H2,(H,14,15). The molecule has 0 fully saturated rings. The summed E-state index contributed by atoms with van der Waals surface area (Å²) < 4.78 is 0.810. The Morgan fingerprint density at radius 1 is 1.53 bits per heavy atom. The molecule has 5 heteroatoms. The monoisotopic (exact) mass is 331 g/mol. The molecule has 0 unspecified atom stereocenters. The largest absolute Gasteiger partial charge is 0.481 e. The van der Waals surface area contributed by atoms with E-state index in [0.29, 0.717) is 16.5 Å². The van der Waals surface area contributed by atoms with Crippen molar-refractivity contribution in [3.8, 4) is 6.07 Å². The van der Waals surface area contributed by atoms with Gasteiger partial charge in [-0.15, -0.1) is 0 Å². The van der Waals surface area contributed by atoms with Crippen molar-refractivity contribution < 1.29 is 9.90 Å². The van der Waals surface area contributed by atoms with E-state index in [0.717, 1.165) is 10.0 Å². The molecule has 0 saturated carbocycles. The van der Waals surface area contributed by atoms with E-state index in [2.05, 4.69) is 31.9 Å². The summed E-state index contributed by atoms with van der Waals surface area (Å²) in [5.41, 5.74) is 1.77. The first-order valence-electron chi connectivity index (χ1n) is 4.08. The number of carboxylic acid groups (broad SMARTS) is 1. The molecule has 0 spiro atoms. The number of benzene rings is 1. The molecule has 3 nitrogen and oxygen atoms in total. The second kappa shape index (κ2) is 5.29. The summed E-state index contributed by atoms with van der Waals surface area (Å²) >= 11 is 6.59. The molecule has 15 heavy (non-hydrogen) atoms. The minimum Gasteiger partial charge on any atom is -0.481 e. The van der Waals surface area contributed by atoms with Crippen LogP contribution in [0.15, 0.2) is 16.6 Å². The van der Waals surface area contributed by atoms with Crippen molar-refractivity contribution in [3.05, 3.63) is 33.3 Å². The van der Waals surface area contributed by atoms with Gasteiger partial charge >= 0.3 is 5.97 Å². The first-order chi connectivity index (χ1) is 7.10. The minimum atomic E-state index is -0.936. The molecular formula is C10H7Br2NO2. The summed E-state index contributed by atoms with van der Waals surface area (Å²) in [5.74, 6) is -0.936. The number of nitriles is 1. The number of hydrogen-bond acceptors (Lipinski definition) is 2.